The lowest BCUT2D eigenvalue weighted by Crippen LogP contribution is -2.47. The van der Waals surface area contributed by atoms with Crippen LogP contribution in [0.4, 0.5) is 0 Å². The molecule has 1 fully saturated rings. The lowest BCUT2D eigenvalue weighted by Gasteiger charge is -2.38. The number of phenols is 2. The van der Waals surface area contributed by atoms with Crippen molar-refractivity contribution < 1.29 is 20.1 Å². The Morgan fingerprint density at radius 2 is 1.71 bits per heavy atom. The first kappa shape index (κ1) is 15.6. The van der Waals surface area contributed by atoms with E-state index >= 15 is 0 Å². The van der Waals surface area contributed by atoms with E-state index in [4.69, 9.17) is 5.11 Å². The van der Waals surface area contributed by atoms with Crippen molar-refractivity contribution in [3.05, 3.63) is 23.8 Å². The number of rotatable bonds is 5. The molecule has 1 unspecified atom stereocenters. The van der Waals surface area contributed by atoms with Gasteiger partial charge in [-0.25, -0.2) is 0 Å². The second kappa shape index (κ2) is 6.78. The average molecular weight is 294 g/mol. The van der Waals surface area contributed by atoms with Gasteiger partial charge in [-0.3, -0.25) is 9.69 Å². The number of aliphatic carboxylic acids is 1. The average Bonchev–Trinajstić information content (AvgIpc) is 2.44. The van der Waals surface area contributed by atoms with Crippen LogP contribution in [0.1, 0.15) is 24.9 Å². The van der Waals surface area contributed by atoms with Crippen LogP contribution in [-0.2, 0) is 4.79 Å². The summed E-state index contributed by atoms with van der Waals surface area (Å²) in [5.41, 5.74) is 0.881. The molecule has 1 aromatic carbocycles. The minimum absolute atomic E-state index is 0.0666. The number of hydrogen-bond donors (Lipinski definition) is 3. The van der Waals surface area contributed by atoms with Gasteiger partial charge in [0.2, 0.25) is 0 Å². The molecule has 6 heteroatoms. The number of carboxylic acid groups (broad SMARTS) is 1. The van der Waals surface area contributed by atoms with E-state index in [9.17, 15) is 15.0 Å². The molecule has 0 aromatic heterocycles. The van der Waals surface area contributed by atoms with Gasteiger partial charge in [-0.15, -0.1) is 0 Å². The topological polar surface area (TPSA) is 84.2 Å². The van der Waals surface area contributed by atoms with Gasteiger partial charge in [0, 0.05) is 44.8 Å². The van der Waals surface area contributed by atoms with E-state index in [-0.39, 0.29) is 24.0 Å². The van der Waals surface area contributed by atoms with Crippen LogP contribution in [0.3, 0.4) is 0 Å². The predicted octanol–water partition coefficient (Wildman–Crippen LogP) is 1.25. The predicted molar refractivity (Wildman–Crippen MR) is 78.5 cm³/mol. The van der Waals surface area contributed by atoms with Gasteiger partial charge in [0.05, 0.1) is 6.42 Å². The molecule has 1 saturated heterocycles. The summed E-state index contributed by atoms with van der Waals surface area (Å²) in [5.74, 6) is -0.630. The van der Waals surface area contributed by atoms with Crippen LogP contribution in [0.2, 0.25) is 0 Å². The van der Waals surface area contributed by atoms with Crippen LogP contribution < -0.4 is 0 Å². The molecule has 0 bridgehead atoms. The van der Waals surface area contributed by atoms with Crippen LogP contribution in [0, 0.1) is 0 Å². The molecule has 1 aliphatic rings. The maximum absolute atomic E-state index is 10.6. The number of hydrogen-bond acceptors (Lipinski definition) is 5. The Hall–Kier alpha value is -1.79. The number of phenolic OH excluding ortho intramolecular Hbond substituents is 2. The number of nitrogens with zero attached hydrogens (tertiary/aromatic N) is 2. The summed E-state index contributed by atoms with van der Waals surface area (Å²) in [5, 5.41) is 27.8. The van der Waals surface area contributed by atoms with Crippen molar-refractivity contribution >= 4 is 5.97 Å². The fourth-order valence-corrected chi connectivity index (χ4v) is 2.70. The summed E-state index contributed by atoms with van der Waals surface area (Å²) < 4.78 is 0. The van der Waals surface area contributed by atoms with Gasteiger partial charge in [-0.05, 0) is 24.6 Å². The molecule has 1 aromatic rings. The number of aromatic hydroxyl groups is 2. The summed E-state index contributed by atoms with van der Waals surface area (Å²) >= 11 is 0. The summed E-state index contributed by atoms with van der Waals surface area (Å²) in [6.45, 7) is 5.99. The number of carboxylic acids is 1. The number of piperazine rings is 1. The van der Waals surface area contributed by atoms with Crippen LogP contribution in [0.15, 0.2) is 18.2 Å². The highest BCUT2D eigenvalue weighted by atomic mass is 16.4. The molecule has 0 amide bonds. The maximum Gasteiger partial charge on any atom is 0.304 e. The number of carbonyl (C=O) groups is 1. The zero-order valence-corrected chi connectivity index (χ0v) is 12.2. The highest BCUT2D eigenvalue weighted by Crippen LogP contribution is 2.28. The summed E-state index contributed by atoms with van der Waals surface area (Å²) in [7, 11) is 0. The van der Waals surface area contributed by atoms with Crippen LogP contribution in [0.5, 0.6) is 11.5 Å². The summed E-state index contributed by atoms with van der Waals surface area (Å²) in [4.78, 5) is 15.0. The Labute approximate surface area is 124 Å². The van der Waals surface area contributed by atoms with Gasteiger partial charge in [0.25, 0.3) is 0 Å². The fraction of sp³-hybridized carbons (Fsp3) is 0.533. The normalized spacial score (nSPS) is 18.5. The van der Waals surface area contributed by atoms with Crippen LogP contribution in [0.25, 0.3) is 0 Å². The van der Waals surface area contributed by atoms with Gasteiger partial charge >= 0.3 is 5.97 Å². The van der Waals surface area contributed by atoms with E-state index in [1.807, 2.05) is 6.92 Å². The minimum Gasteiger partial charge on any atom is -0.508 e. The molecule has 116 valence electrons. The van der Waals surface area contributed by atoms with E-state index in [1.165, 1.54) is 6.07 Å². The van der Waals surface area contributed by atoms with Crippen molar-refractivity contribution in [3.63, 3.8) is 0 Å². The van der Waals surface area contributed by atoms with E-state index in [2.05, 4.69) is 9.80 Å². The molecule has 6 nitrogen and oxygen atoms in total. The molecule has 0 radical (unpaired) electrons. The lowest BCUT2D eigenvalue weighted by molar-refractivity contribution is -0.137. The van der Waals surface area contributed by atoms with E-state index in [0.29, 0.717) is 6.54 Å². The summed E-state index contributed by atoms with van der Waals surface area (Å²) in [6.07, 6.45) is 0.177. The molecular formula is C15H22N2O4. The molecule has 21 heavy (non-hydrogen) atoms. The molecular weight excluding hydrogens is 272 g/mol. The van der Waals surface area contributed by atoms with Crippen molar-refractivity contribution in [2.24, 2.45) is 0 Å². The third-order valence-electron chi connectivity index (χ3n) is 4.00. The van der Waals surface area contributed by atoms with Crippen molar-refractivity contribution in [1.82, 2.24) is 9.80 Å². The molecule has 2 rings (SSSR count). The third-order valence-corrected chi connectivity index (χ3v) is 4.00. The first-order valence-electron chi connectivity index (χ1n) is 7.17. The van der Waals surface area contributed by atoms with E-state index in [1.54, 1.807) is 12.1 Å². The van der Waals surface area contributed by atoms with Gasteiger partial charge in [-0.1, -0.05) is 0 Å². The van der Waals surface area contributed by atoms with E-state index < -0.39 is 5.97 Å². The second-order valence-corrected chi connectivity index (χ2v) is 5.48. The monoisotopic (exact) mass is 294 g/mol. The maximum atomic E-state index is 10.6. The van der Waals surface area contributed by atoms with Gasteiger partial charge in [-0.2, -0.15) is 0 Å². The molecule has 1 heterocycles. The Kier molecular flexibility index (Phi) is 5.03. The van der Waals surface area contributed by atoms with Crippen molar-refractivity contribution in [2.45, 2.75) is 19.4 Å². The van der Waals surface area contributed by atoms with Crippen LogP contribution >= 0.6 is 0 Å². The summed E-state index contributed by atoms with van der Waals surface area (Å²) in [6, 6.07) is 4.76. The Morgan fingerprint density at radius 3 is 2.24 bits per heavy atom. The zero-order chi connectivity index (χ0) is 15.4. The molecule has 3 N–H and O–H groups in total. The lowest BCUT2D eigenvalue weighted by atomic mass is 10.1. The third kappa shape index (κ3) is 4.34. The molecule has 1 atom stereocenters. The Bertz CT molecular complexity index is 478. The van der Waals surface area contributed by atoms with Gasteiger partial charge in [0.15, 0.2) is 0 Å². The Morgan fingerprint density at radius 1 is 1.14 bits per heavy atom. The molecule has 0 aliphatic carbocycles. The Balaban J connectivity index is 1.90. The smallest absolute Gasteiger partial charge is 0.304 e. The quantitative estimate of drug-likeness (QED) is 0.758. The SMILES string of the molecule is CC(c1cc(O)cc(O)c1)N1CCN(CCC(=O)O)CC1. The fourth-order valence-electron chi connectivity index (χ4n) is 2.70. The van der Waals surface area contributed by atoms with Gasteiger partial charge < -0.3 is 20.2 Å². The van der Waals surface area contributed by atoms with Crippen molar-refractivity contribution in [3.8, 4) is 11.5 Å². The standard InChI is InChI=1S/C15H22N2O4/c1-11(12-8-13(18)10-14(19)9-12)17-6-4-16(5-7-17)3-2-15(20)21/h8-11,18-19H,2-7H2,1H3,(H,20,21). The first-order valence-corrected chi connectivity index (χ1v) is 7.17. The van der Waals surface area contributed by atoms with Crippen molar-refractivity contribution in [2.75, 3.05) is 32.7 Å². The largest absolute Gasteiger partial charge is 0.508 e. The zero-order valence-electron chi connectivity index (χ0n) is 12.2. The second-order valence-electron chi connectivity index (χ2n) is 5.48. The van der Waals surface area contributed by atoms with Crippen molar-refractivity contribution in [1.29, 1.82) is 0 Å². The first-order chi connectivity index (χ1) is 9.95. The highest BCUT2D eigenvalue weighted by molar-refractivity contribution is 5.66. The van der Waals surface area contributed by atoms with Crippen LogP contribution in [-0.4, -0.2) is 63.8 Å². The molecule has 0 spiro atoms. The minimum atomic E-state index is -0.763. The number of benzene rings is 1. The molecule has 0 saturated carbocycles. The van der Waals surface area contributed by atoms with E-state index in [0.717, 1.165) is 31.7 Å². The van der Waals surface area contributed by atoms with Gasteiger partial charge in [0.1, 0.15) is 11.5 Å². The molecule has 1 aliphatic heterocycles. The highest BCUT2D eigenvalue weighted by Gasteiger charge is 2.22.